The summed E-state index contributed by atoms with van der Waals surface area (Å²) in [5.41, 5.74) is 6.19. The molecule has 7 aromatic rings. The van der Waals surface area contributed by atoms with E-state index in [9.17, 15) is 24.3 Å². The molecule has 0 bridgehead atoms. The van der Waals surface area contributed by atoms with Crippen LogP contribution in [0.4, 0.5) is 9.59 Å². The highest BCUT2D eigenvalue weighted by Gasteiger charge is 2.25. The van der Waals surface area contributed by atoms with Gasteiger partial charge in [0.1, 0.15) is 31.9 Å². The van der Waals surface area contributed by atoms with Crippen molar-refractivity contribution in [3.63, 3.8) is 0 Å². The summed E-state index contributed by atoms with van der Waals surface area (Å²) in [5, 5.41) is 16.4. The number of amides is 2. The van der Waals surface area contributed by atoms with Crippen molar-refractivity contribution in [1.82, 2.24) is 20.6 Å². The van der Waals surface area contributed by atoms with Crippen LogP contribution in [0, 0.1) is 0 Å². The Balaban J connectivity index is 0.000000199. The molecular formula is C45H42N4O8. The number of carbonyl (C=O) groups excluding carboxylic acids is 3. The molecule has 0 unspecified atom stereocenters. The van der Waals surface area contributed by atoms with Crippen molar-refractivity contribution >= 4 is 45.9 Å². The maximum absolute atomic E-state index is 12.9. The van der Waals surface area contributed by atoms with E-state index in [2.05, 4.69) is 20.6 Å². The van der Waals surface area contributed by atoms with Gasteiger partial charge in [0.25, 0.3) is 0 Å². The van der Waals surface area contributed by atoms with Crippen molar-refractivity contribution in [3.05, 3.63) is 180 Å². The van der Waals surface area contributed by atoms with E-state index in [0.29, 0.717) is 0 Å². The molecule has 2 amide bonds. The molecule has 2 heterocycles. The predicted octanol–water partition coefficient (Wildman–Crippen LogP) is 7.84. The first-order chi connectivity index (χ1) is 27.8. The lowest BCUT2D eigenvalue weighted by Gasteiger charge is -2.17. The molecule has 0 fully saturated rings. The number of rotatable bonds is 14. The van der Waals surface area contributed by atoms with Gasteiger partial charge in [-0.2, -0.15) is 0 Å². The first kappa shape index (κ1) is 39.4. The summed E-state index contributed by atoms with van der Waals surface area (Å²) >= 11 is 0. The number of alkyl carbamates (subject to hydrolysis) is 2. The molecule has 7 rings (SSSR count). The summed E-state index contributed by atoms with van der Waals surface area (Å²) in [5.74, 6) is -1.63. The van der Waals surface area contributed by atoms with E-state index in [-0.39, 0.29) is 32.7 Å². The van der Waals surface area contributed by atoms with Gasteiger partial charge in [0.2, 0.25) is 0 Å². The van der Waals surface area contributed by atoms with Gasteiger partial charge in [-0.25, -0.2) is 19.2 Å². The van der Waals surface area contributed by atoms with Crippen LogP contribution in [-0.2, 0) is 56.5 Å². The number of carboxylic acid groups (broad SMARTS) is 1. The number of ether oxygens (including phenoxy) is 3. The molecule has 12 nitrogen and oxygen atoms in total. The molecule has 0 aliphatic rings. The largest absolute Gasteiger partial charge is 0.480 e. The number of para-hydroxylation sites is 2. The van der Waals surface area contributed by atoms with Gasteiger partial charge in [-0.3, -0.25) is 0 Å². The molecule has 2 aromatic heterocycles. The minimum atomic E-state index is -1.11. The smallest absolute Gasteiger partial charge is 0.408 e. The fourth-order valence-corrected chi connectivity index (χ4v) is 6.08. The quantitative estimate of drug-likeness (QED) is 0.0550. The molecule has 290 valence electrons. The number of nitrogens with one attached hydrogen (secondary N) is 4. The van der Waals surface area contributed by atoms with Crippen LogP contribution in [0.5, 0.6) is 0 Å². The number of hydrogen-bond donors (Lipinski definition) is 5. The zero-order chi connectivity index (χ0) is 39.8. The molecule has 12 heteroatoms. The number of benzene rings is 5. The normalized spacial score (nSPS) is 11.7. The van der Waals surface area contributed by atoms with Crippen molar-refractivity contribution in [2.75, 3.05) is 0 Å². The van der Waals surface area contributed by atoms with E-state index in [4.69, 9.17) is 14.2 Å². The predicted molar refractivity (Wildman–Crippen MR) is 215 cm³/mol. The summed E-state index contributed by atoms with van der Waals surface area (Å²) in [6, 6.07) is 41.4. The van der Waals surface area contributed by atoms with Gasteiger partial charge in [0.05, 0.1) is 0 Å². The number of carbonyl (C=O) groups is 4. The number of aromatic amines is 2. The molecule has 0 saturated carbocycles. The SMILES string of the molecule is O=C(N[C@@H](Cc1c[nH]c2ccccc12)C(=O)O)OCc1ccccc1.O=C(N[C@@H](Cc1c[nH]c2ccccc12)C(=O)OCc1ccccc1)OCc1ccccc1. The van der Waals surface area contributed by atoms with E-state index in [1.165, 1.54) is 0 Å². The van der Waals surface area contributed by atoms with Crippen molar-refractivity contribution in [1.29, 1.82) is 0 Å². The summed E-state index contributed by atoms with van der Waals surface area (Å²) in [7, 11) is 0. The lowest BCUT2D eigenvalue weighted by Crippen LogP contribution is -2.43. The number of aliphatic carboxylic acids is 1. The molecule has 0 radical (unpaired) electrons. The molecule has 0 aliphatic heterocycles. The van der Waals surface area contributed by atoms with E-state index in [1.807, 2.05) is 146 Å². The lowest BCUT2D eigenvalue weighted by molar-refractivity contribution is -0.147. The molecule has 5 aromatic carbocycles. The van der Waals surface area contributed by atoms with Crippen LogP contribution in [0.25, 0.3) is 21.8 Å². The van der Waals surface area contributed by atoms with Crippen LogP contribution in [0.15, 0.2) is 152 Å². The first-order valence-electron chi connectivity index (χ1n) is 18.3. The standard InChI is InChI=1S/C26H24N2O4.C19H18N2O4/c29-25(31-17-19-9-3-1-4-10-19)24(15-21-16-27-23-14-8-7-13-22(21)23)28-26(30)32-18-20-11-5-2-6-12-20;22-18(23)17(10-14-11-20-16-9-5-4-8-15(14)16)21-19(24)25-12-13-6-2-1-3-7-13/h1-14,16,24,27H,15,17-18H2,(H,28,30);1-9,11,17,20H,10,12H2,(H,21,24)(H,22,23)/t24-;17-/m00/s1. The van der Waals surface area contributed by atoms with Gasteiger partial charge in [0, 0.05) is 47.0 Å². The fraction of sp³-hybridized carbons (Fsp3) is 0.156. The van der Waals surface area contributed by atoms with E-state index in [1.54, 1.807) is 6.20 Å². The second kappa shape index (κ2) is 19.8. The van der Waals surface area contributed by atoms with Crippen molar-refractivity contribution in [2.45, 2.75) is 44.7 Å². The van der Waals surface area contributed by atoms with Gasteiger partial charge in [-0.15, -0.1) is 0 Å². The van der Waals surface area contributed by atoms with Crippen molar-refractivity contribution in [3.8, 4) is 0 Å². The number of fused-ring (bicyclic) bond motifs is 2. The molecular weight excluding hydrogens is 725 g/mol. The molecule has 57 heavy (non-hydrogen) atoms. The maximum Gasteiger partial charge on any atom is 0.408 e. The summed E-state index contributed by atoms with van der Waals surface area (Å²) in [6.07, 6.45) is 2.63. The zero-order valence-corrected chi connectivity index (χ0v) is 30.9. The van der Waals surface area contributed by atoms with Gasteiger partial charge < -0.3 is 39.9 Å². The number of hydrogen-bond acceptors (Lipinski definition) is 7. The van der Waals surface area contributed by atoms with Crippen LogP contribution < -0.4 is 10.6 Å². The van der Waals surface area contributed by atoms with E-state index < -0.39 is 36.2 Å². The van der Waals surface area contributed by atoms with Crippen LogP contribution in [0.2, 0.25) is 0 Å². The molecule has 5 N–H and O–H groups in total. The first-order valence-corrected chi connectivity index (χ1v) is 18.3. The minimum absolute atomic E-state index is 0.0894. The van der Waals surface area contributed by atoms with E-state index in [0.717, 1.165) is 49.6 Å². The lowest BCUT2D eigenvalue weighted by atomic mass is 10.1. The number of aromatic nitrogens is 2. The second-order valence-electron chi connectivity index (χ2n) is 13.1. The third-order valence-corrected chi connectivity index (χ3v) is 9.01. The summed E-state index contributed by atoms with van der Waals surface area (Å²) in [6.45, 7) is 0.336. The van der Waals surface area contributed by atoms with Crippen molar-refractivity contribution in [2.24, 2.45) is 0 Å². The molecule has 2 atom stereocenters. The molecule has 0 saturated heterocycles. The van der Waals surface area contributed by atoms with Crippen molar-refractivity contribution < 1.29 is 38.5 Å². The van der Waals surface area contributed by atoms with Gasteiger partial charge in [0.15, 0.2) is 0 Å². The Hall–Kier alpha value is -7.34. The highest BCUT2D eigenvalue weighted by molar-refractivity contribution is 5.87. The Morgan fingerprint density at radius 1 is 0.491 bits per heavy atom. The number of esters is 1. The van der Waals surface area contributed by atoms with E-state index >= 15 is 0 Å². The molecule has 0 spiro atoms. The minimum Gasteiger partial charge on any atom is -0.480 e. The zero-order valence-electron chi connectivity index (χ0n) is 30.9. The number of H-pyrrole nitrogens is 2. The average molecular weight is 767 g/mol. The average Bonchev–Trinajstić information content (AvgIpc) is 3.86. The second-order valence-corrected chi connectivity index (χ2v) is 13.1. The van der Waals surface area contributed by atoms with Crippen LogP contribution in [-0.4, -0.2) is 51.3 Å². The Bertz CT molecular complexity index is 2380. The maximum atomic E-state index is 12.9. The van der Waals surface area contributed by atoms with Gasteiger partial charge in [-0.05, 0) is 39.9 Å². The van der Waals surface area contributed by atoms with Gasteiger partial charge in [-0.1, -0.05) is 127 Å². The Labute approximate surface area is 328 Å². The monoisotopic (exact) mass is 766 g/mol. The van der Waals surface area contributed by atoms with Gasteiger partial charge >= 0.3 is 24.1 Å². The van der Waals surface area contributed by atoms with Crippen LogP contribution >= 0.6 is 0 Å². The third kappa shape index (κ3) is 11.6. The highest BCUT2D eigenvalue weighted by atomic mass is 16.6. The highest BCUT2D eigenvalue weighted by Crippen LogP contribution is 2.21. The van der Waals surface area contributed by atoms with Crippen LogP contribution in [0.1, 0.15) is 27.8 Å². The Morgan fingerprint density at radius 3 is 1.30 bits per heavy atom. The topological polar surface area (TPSA) is 172 Å². The summed E-state index contributed by atoms with van der Waals surface area (Å²) < 4.78 is 15.9. The summed E-state index contributed by atoms with van der Waals surface area (Å²) in [4.78, 5) is 55.0. The number of carboxylic acids is 1. The molecule has 0 aliphatic carbocycles. The fourth-order valence-electron chi connectivity index (χ4n) is 6.08. The van der Waals surface area contributed by atoms with Crippen LogP contribution in [0.3, 0.4) is 0 Å². The Kier molecular flexibility index (Phi) is 13.7. The Morgan fingerprint density at radius 2 is 0.860 bits per heavy atom. The third-order valence-electron chi connectivity index (χ3n) is 9.01.